The molecule has 0 radical (unpaired) electrons. The Morgan fingerprint density at radius 3 is 2.40 bits per heavy atom. The Labute approximate surface area is 181 Å². The van der Waals surface area contributed by atoms with E-state index in [1.807, 2.05) is 22.9 Å². The van der Waals surface area contributed by atoms with Gasteiger partial charge in [0.2, 0.25) is 5.13 Å². The van der Waals surface area contributed by atoms with Crippen molar-refractivity contribution >= 4 is 49.4 Å². The van der Waals surface area contributed by atoms with Gasteiger partial charge in [-0.1, -0.05) is 29.5 Å². The molecular weight excluding hydrogens is 440 g/mol. The zero-order chi connectivity index (χ0) is 21.1. The molecule has 10 heteroatoms. The number of para-hydroxylation sites is 1. The van der Waals surface area contributed by atoms with E-state index in [1.54, 1.807) is 35.6 Å². The minimum absolute atomic E-state index is 0.0982. The summed E-state index contributed by atoms with van der Waals surface area (Å²) in [5.41, 5.74) is 1.83. The first-order valence-corrected chi connectivity index (χ1v) is 12.0. The Morgan fingerprint density at radius 1 is 1.00 bits per heavy atom. The highest BCUT2D eigenvalue weighted by molar-refractivity contribution is 7.92. The molecule has 0 spiro atoms. The molecule has 0 aliphatic carbocycles. The molecule has 1 amide bonds. The van der Waals surface area contributed by atoms with Crippen LogP contribution in [0.3, 0.4) is 0 Å². The number of sulfonamides is 1. The summed E-state index contributed by atoms with van der Waals surface area (Å²) in [7, 11) is -2.24. The molecule has 0 saturated carbocycles. The topological polar surface area (TPSA) is 92.3 Å². The van der Waals surface area contributed by atoms with Gasteiger partial charge in [0.15, 0.2) is 0 Å². The van der Waals surface area contributed by atoms with Crippen LogP contribution in [0.25, 0.3) is 10.6 Å². The first-order valence-electron chi connectivity index (χ1n) is 8.76. The lowest BCUT2D eigenvalue weighted by Crippen LogP contribution is -2.26. The van der Waals surface area contributed by atoms with Gasteiger partial charge in [-0.3, -0.25) is 14.4 Å². The molecular formula is C20H16N4O3S3. The minimum Gasteiger partial charge on any atom is -0.296 e. The maximum atomic E-state index is 12.8. The molecule has 7 nitrogen and oxygen atoms in total. The van der Waals surface area contributed by atoms with Crippen LogP contribution >= 0.6 is 22.7 Å². The third-order valence-electron chi connectivity index (χ3n) is 4.31. The largest absolute Gasteiger partial charge is 0.296 e. The quantitative estimate of drug-likeness (QED) is 0.466. The second-order valence-corrected chi connectivity index (χ2v) is 9.94. The lowest BCUT2D eigenvalue weighted by atomic mass is 10.2. The number of carbonyl (C=O) groups is 1. The van der Waals surface area contributed by atoms with Gasteiger partial charge in [0, 0.05) is 23.6 Å². The van der Waals surface area contributed by atoms with Gasteiger partial charge < -0.3 is 0 Å². The van der Waals surface area contributed by atoms with Crippen LogP contribution in [0.1, 0.15) is 10.4 Å². The van der Waals surface area contributed by atoms with Gasteiger partial charge in [0.1, 0.15) is 5.01 Å². The van der Waals surface area contributed by atoms with Crippen LogP contribution in [0.2, 0.25) is 0 Å². The molecule has 0 aliphatic rings. The number of aromatic nitrogens is 2. The molecule has 0 saturated heterocycles. The highest BCUT2D eigenvalue weighted by atomic mass is 32.2. The van der Waals surface area contributed by atoms with E-state index < -0.39 is 10.0 Å². The third-order valence-corrected chi connectivity index (χ3v) is 7.68. The number of carbonyl (C=O) groups excluding carboxylic acids is 1. The number of nitrogens with zero attached hydrogens (tertiary/aromatic N) is 3. The number of nitrogens with one attached hydrogen (secondary N) is 1. The van der Waals surface area contributed by atoms with Crippen molar-refractivity contribution in [2.75, 3.05) is 16.7 Å². The van der Waals surface area contributed by atoms with E-state index in [4.69, 9.17) is 0 Å². The van der Waals surface area contributed by atoms with Crippen molar-refractivity contribution in [1.82, 2.24) is 10.2 Å². The molecule has 2 heterocycles. The zero-order valence-electron chi connectivity index (χ0n) is 15.7. The molecule has 0 atom stereocenters. The van der Waals surface area contributed by atoms with Crippen molar-refractivity contribution in [1.29, 1.82) is 0 Å². The van der Waals surface area contributed by atoms with Gasteiger partial charge in [-0.05, 0) is 47.8 Å². The minimum atomic E-state index is -3.73. The second kappa shape index (κ2) is 8.34. The molecule has 0 aliphatic heterocycles. The van der Waals surface area contributed by atoms with E-state index >= 15 is 0 Å². The summed E-state index contributed by atoms with van der Waals surface area (Å²) in [5.74, 6) is -0.386. The van der Waals surface area contributed by atoms with Crippen molar-refractivity contribution in [3.8, 4) is 10.6 Å². The number of anilines is 2. The van der Waals surface area contributed by atoms with Crippen molar-refractivity contribution in [2.45, 2.75) is 4.90 Å². The van der Waals surface area contributed by atoms with Crippen LogP contribution in [0, 0.1) is 0 Å². The van der Waals surface area contributed by atoms with Crippen LogP contribution in [0.5, 0.6) is 0 Å². The number of thiophene rings is 1. The Bertz CT molecular complexity index is 1250. The van der Waals surface area contributed by atoms with Crippen LogP contribution in [0.15, 0.2) is 76.3 Å². The van der Waals surface area contributed by atoms with Gasteiger partial charge in [-0.25, -0.2) is 8.42 Å². The molecule has 2 aromatic heterocycles. The average molecular weight is 457 g/mol. The third kappa shape index (κ3) is 4.11. The molecule has 0 fully saturated rings. The van der Waals surface area contributed by atoms with E-state index in [0.717, 1.165) is 10.6 Å². The number of hydrogen-bond acceptors (Lipinski definition) is 7. The molecule has 4 aromatic rings. The Morgan fingerprint density at radius 2 is 1.73 bits per heavy atom. The van der Waals surface area contributed by atoms with E-state index in [9.17, 15) is 13.2 Å². The second-order valence-electron chi connectivity index (χ2n) is 6.21. The fourth-order valence-corrected chi connectivity index (χ4v) is 5.30. The van der Waals surface area contributed by atoms with Crippen molar-refractivity contribution in [3.05, 3.63) is 77.0 Å². The summed E-state index contributed by atoms with van der Waals surface area (Å²) >= 11 is 2.83. The van der Waals surface area contributed by atoms with Crippen LogP contribution < -0.4 is 9.62 Å². The number of hydrogen-bond donors (Lipinski definition) is 1. The normalized spacial score (nSPS) is 11.2. The monoisotopic (exact) mass is 456 g/mol. The standard InChI is InChI=1S/C20H16N4O3S3/c1-24(16-5-3-2-4-6-16)30(26,27)17-9-7-14(8-10-17)18(25)21-20-23-22-19(29-20)15-11-12-28-13-15/h2-13H,1H3,(H,21,23,25). The Kier molecular flexibility index (Phi) is 5.62. The van der Waals surface area contributed by atoms with E-state index in [2.05, 4.69) is 15.5 Å². The maximum Gasteiger partial charge on any atom is 0.264 e. The Hall–Kier alpha value is -3.08. The molecule has 30 heavy (non-hydrogen) atoms. The van der Waals surface area contributed by atoms with Gasteiger partial charge >= 0.3 is 0 Å². The van der Waals surface area contributed by atoms with Crippen molar-refractivity contribution in [3.63, 3.8) is 0 Å². The fraction of sp³-hybridized carbons (Fsp3) is 0.0500. The van der Waals surface area contributed by atoms with Crippen LogP contribution in [-0.4, -0.2) is 31.6 Å². The molecule has 152 valence electrons. The summed E-state index contributed by atoms with van der Waals surface area (Å²) in [6.07, 6.45) is 0. The Balaban J connectivity index is 1.48. The van der Waals surface area contributed by atoms with E-state index in [1.165, 1.54) is 47.0 Å². The van der Waals surface area contributed by atoms with Gasteiger partial charge in [0.05, 0.1) is 10.6 Å². The number of benzene rings is 2. The average Bonchev–Trinajstić information content (AvgIpc) is 3.46. The molecule has 0 unspecified atom stereocenters. The summed E-state index contributed by atoms with van der Waals surface area (Å²) in [6.45, 7) is 0. The SMILES string of the molecule is CN(c1ccccc1)S(=O)(=O)c1ccc(C(=O)Nc2nnc(-c3ccsc3)s2)cc1. The fourth-order valence-electron chi connectivity index (χ4n) is 2.66. The van der Waals surface area contributed by atoms with Crippen LogP contribution in [0.4, 0.5) is 10.8 Å². The van der Waals surface area contributed by atoms with E-state index in [0.29, 0.717) is 16.4 Å². The molecule has 1 N–H and O–H groups in total. The van der Waals surface area contributed by atoms with Gasteiger partial charge in [0.25, 0.3) is 15.9 Å². The summed E-state index contributed by atoms with van der Waals surface area (Å²) in [5, 5.41) is 15.8. The predicted molar refractivity (Wildman–Crippen MR) is 120 cm³/mol. The highest BCUT2D eigenvalue weighted by Crippen LogP contribution is 2.28. The summed E-state index contributed by atoms with van der Waals surface area (Å²) in [6, 6.07) is 16.5. The molecule has 4 rings (SSSR count). The first kappa shape index (κ1) is 20.2. The highest BCUT2D eigenvalue weighted by Gasteiger charge is 2.21. The first-order chi connectivity index (χ1) is 14.4. The lowest BCUT2D eigenvalue weighted by molar-refractivity contribution is 0.102. The van der Waals surface area contributed by atoms with Crippen molar-refractivity contribution < 1.29 is 13.2 Å². The molecule has 2 aromatic carbocycles. The predicted octanol–water partition coefficient (Wildman–Crippen LogP) is 4.34. The number of rotatable bonds is 6. The smallest absolute Gasteiger partial charge is 0.264 e. The van der Waals surface area contributed by atoms with Gasteiger partial charge in [-0.2, -0.15) is 11.3 Å². The molecule has 0 bridgehead atoms. The van der Waals surface area contributed by atoms with Gasteiger partial charge in [-0.15, -0.1) is 10.2 Å². The zero-order valence-corrected chi connectivity index (χ0v) is 18.2. The maximum absolute atomic E-state index is 12.8. The summed E-state index contributed by atoms with van der Waals surface area (Å²) < 4.78 is 26.9. The van der Waals surface area contributed by atoms with E-state index in [-0.39, 0.29) is 10.8 Å². The lowest BCUT2D eigenvalue weighted by Gasteiger charge is -2.19. The van der Waals surface area contributed by atoms with Crippen LogP contribution in [-0.2, 0) is 10.0 Å². The van der Waals surface area contributed by atoms with Crippen molar-refractivity contribution in [2.24, 2.45) is 0 Å². The summed E-state index contributed by atoms with van der Waals surface area (Å²) in [4.78, 5) is 12.6. The number of amides is 1.